The van der Waals surface area contributed by atoms with Crippen molar-refractivity contribution >= 4 is 0 Å². The van der Waals surface area contributed by atoms with Gasteiger partial charge in [0.05, 0.1) is 39.1 Å². The largest absolute Gasteiger partial charge is 0.375 e. The van der Waals surface area contributed by atoms with Gasteiger partial charge in [0.15, 0.2) is 0 Å². The predicted octanol–water partition coefficient (Wildman–Crippen LogP) is 7.77. The molecule has 4 aromatic carbocycles. The highest BCUT2D eigenvalue weighted by Crippen LogP contribution is 2.34. The molecule has 1 saturated heterocycles. The van der Waals surface area contributed by atoms with Gasteiger partial charge in [-0.3, -0.25) is 4.90 Å². The molecule has 5 nitrogen and oxygen atoms in total. The minimum absolute atomic E-state index is 0.0214. The molecule has 5 heteroatoms. The van der Waals surface area contributed by atoms with Crippen LogP contribution in [0.5, 0.6) is 0 Å². The Kier molecular flexibility index (Phi) is 12.7. The Labute approximate surface area is 268 Å². The van der Waals surface area contributed by atoms with E-state index in [0.717, 1.165) is 28.7 Å². The van der Waals surface area contributed by atoms with Crippen molar-refractivity contribution in [3.63, 3.8) is 0 Å². The molecule has 0 amide bonds. The van der Waals surface area contributed by atoms with E-state index < -0.39 is 0 Å². The lowest BCUT2D eigenvalue weighted by Crippen LogP contribution is -2.68. The van der Waals surface area contributed by atoms with Crippen molar-refractivity contribution < 1.29 is 18.9 Å². The maximum Gasteiger partial charge on any atom is 0.113 e. The fraction of sp³-hybridized carbons (Fsp3) is 0.300. The highest BCUT2D eigenvalue weighted by Gasteiger charge is 2.50. The number of rotatable bonds is 17. The number of likely N-dealkylation sites (tertiary alicyclic amines) is 1. The molecular weight excluding hydrogens is 558 g/mol. The average molecular weight is 604 g/mol. The SMILES string of the molecule is C=CCC1[C@H](OCc2ccccc2)[C@@H](OCc2ccccc2)[C@H](OCc2ccccc2)[C@H](COCc2ccccc2)N1CC=C. The van der Waals surface area contributed by atoms with Crippen LogP contribution in [0.1, 0.15) is 28.7 Å². The van der Waals surface area contributed by atoms with Gasteiger partial charge in [0.1, 0.15) is 18.3 Å². The van der Waals surface area contributed by atoms with E-state index in [0.29, 0.717) is 39.6 Å². The molecule has 45 heavy (non-hydrogen) atoms. The Morgan fingerprint density at radius 1 is 0.489 bits per heavy atom. The third-order valence-electron chi connectivity index (χ3n) is 8.26. The third-order valence-corrected chi connectivity index (χ3v) is 8.26. The van der Waals surface area contributed by atoms with Crippen LogP contribution in [0.25, 0.3) is 0 Å². The Balaban J connectivity index is 1.49. The van der Waals surface area contributed by atoms with Crippen molar-refractivity contribution in [1.82, 2.24) is 4.90 Å². The molecule has 1 fully saturated rings. The molecular formula is C40H45NO4. The standard InChI is InChI=1S/C40H45NO4/c1-3-17-36-38(43-28-33-20-11-6-12-21-33)40(45-30-35-24-15-8-16-25-35)39(44-29-34-22-13-7-14-23-34)37(41(36)26-4-2)31-42-27-32-18-9-5-10-19-32/h3-16,18-25,36-40H,1-2,17,26-31H2/t36?,37-,38-,39+,40+/m0/s1. The molecule has 0 bridgehead atoms. The summed E-state index contributed by atoms with van der Waals surface area (Å²) in [5, 5.41) is 0. The van der Waals surface area contributed by atoms with Gasteiger partial charge in [-0.05, 0) is 28.7 Å². The topological polar surface area (TPSA) is 40.2 Å². The zero-order valence-electron chi connectivity index (χ0n) is 26.0. The fourth-order valence-corrected chi connectivity index (χ4v) is 6.07. The molecule has 5 rings (SSSR count). The van der Waals surface area contributed by atoms with Crippen molar-refractivity contribution in [3.05, 3.63) is 169 Å². The van der Waals surface area contributed by atoms with Crippen LogP contribution in [0.3, 0.4) is 0 Å². The first-order valence-corrected chi connectivity index (χ1v) is 15.8. The third kappa shape index (κ3) is 9.33. The summed E-state index contributed by atoms with van der Waals surface area (Å²) < 4.78 is 27.0. The fourth-order valence-electron chi connectivity index (χ4n) is 6.07. The molecule has 0 aromatic heterocycles. The monoisotopic (exact) mass is 603 g/mol. The molecule has 1 heterocycles. The van der Waals surface area contributed by atoms with Gasteiger partial charge in [-0.1, -0.05) is 133 Å². The van der Waals surface area contributed by atoms with Crippen LogP contribution in [0.4, 0.5) is 0 Å². The lowest BCUT2D eigenvalue weighted by molar-refractivity contribution is -0.227. The summed E-state index contributed by atoms with van der Waals surface area (Å²) in [6.45, 7) is 11.2. The van der Waals surface area contributed by atoms with Gasteiger partial charge in [-0.25, -0.2) is 0 Å². The van der Waals surface area contributed by atoms with Gasteiger partial charge in [-0.2, -0.15) is 0 Å². The number of piperidine rings is 1. The smallest absolute Gasteiger partial charge is 0.113 e. The van der Waals surface area contributed by atoms with E-state index in [-0.39, 0.29) is 30.4 Å². The normalized spacial score (nSPS) is 21.7. The molecule has 1 unspecified atom stereocenters. The summed E-state index contributed by atoms with van der Waals surface area (Å²) >= 11 is 0. The minimum atomic E-state index is -0.367. The Morgan fingerprint density at radius 3 is 1.31 bits per heavy atom. The van der Waals surface area contributed by atoms with Crippen molar-refractivity contribution in [2.45, 2.75) is 63.2 Å². The molecule has 0 spiro atoms. The first-order chi connectivity index (χ1) is 22.3. The second-order valence-electron chi connectivity index (χ2n) is 11.4. The first kappa shape index (κ1) is 32.6. The van der Waals surface area contributed by atoms with Crippen LogP contribution in [-0.2, 0) is 45.4 Å². The van der Waals surface area contributed by atoms with Crippen LogP contribution in [0.2, 0.25) is 0 Å². The lowest BCUT2D eigenvalue weighted by atomic mass is 9.85. The summed E-state index contributed by atoms with van der Waals surface area (Å²) in [5.41, 5.74) is 4.45. The molecule has 234 valence electrons. The number of benzene rings is 4. The maximum atomic E-state index is 6.88. The number of nitrogens with zero attached hydrogens (tertiary/aromatic N) is 1. The second-order valence-corrected chi connectivity index (χ2v) is 11.4. The number of hydrogen-bond donors (Lipinski definition) is 0. The van der Waals surface area contributed by atoms with Gasteiger partial charge in [0.2, 0.25) is 0 Å². The number of ether oxygens (including phenoxy) is 4. The lowest BCUT2D eigenvalue weighted by Gasteiger charge is -2.52. The van der Waals surface area contributed by atoms with E-state index in [1.165, 1.54) is 0 Å². The van der Waals surface area contributed by atoms with Gasteiger partial charge >= 0.3 is 0 Å². The van der Waals surface area contributed by atoms with Gasteiger partial charge in [0, 0.05) is 12.6 Å². The van der Waals surface area contributed by atoms with Crippen LogP contribution >= 0.6 is 0 Å². The first-order valence-electron chi connectivity index (χ1n) is 15.8. The van der Waals surface area contributed by atoms with E-state index >= 15 is 0 Å². The van der Waals surface area contributed by atoms with Crippen molar-refractivity contribution in [1.29, 1.82) is 0 Å². The zero-order valence-corrected chi connectivity index (χ0v) is 26.0. The average Bonchev–Trinajstić information content (AvgIpc) is 3.09. The summed E-state index contributed by atoms with van der Waals surface area (Å²) in [5.74, 6) is 0. The summed E-state index contributed by atoms with van der Waals surface area (Å²) in [6, 6.07) is 41.0. The van der Waals surface area contributed by atoms with Gasteiger partial charge in [0.25, 0.3) is 0 Å². The van der Waals surface area contributed by atoms with Crippen LogP contribution in [0, 0.1) is 0 Å². The minimum Gasteiger partial charge on any atom is -0.375 e. The van der Waals surface area contributed by atoms with Crippen molar-refractivity contribution in [3.8, 4) is 0 Å². The van der Waals surface area contributed by atoms with E-state index in [1.807, 2.05) is 84.9 Å². The molecule has 4 aromatic rings. The Bertz CT molecular complexity index is 1400. The summed E-state index contributed by atoms with van der Waals surface area (Å²) in [4.78, 5) is 2.42. The Morgan fingerprint density at radius 2 is 0.889 bits per heavy atom. The highest BCUT2D eigenvalue weighted by molar-refractivity contribution is 5.17. The van der Waals surface area contributed by atoms with Crippen molar-refractivity contribution in [2.24, 2.45) is 0 Å². The molecule has 1 aliphatic heterocycles. The molecule has 0 saturated carbocycles. The van der Waals surface area contributed by atoms with Crippen molar-refractivity contribution in [2.75, 3.05) is 13.2 Å². The van der Waals surface area contributed by atoms with Crippen LogP contribution in [-0.4, -0.2) is 48.4 Å². The van der Waals surface area contributed by atoms with Crippen LogP contribution in [0.15, 0.2) is 147 Å². The van der Waals surface area contributed by atoms with E-state index in [4.69, 9.17) is 18.9 Å². The maximum absolute atomic E-state index is 6.88. The molecule has 1 aliphatic rings. The van der Waals surface area contributed by atoms with E-state index in [2.05, 4.69) is 66.6 Å². The quantitative estimate of drug-likeness (QED) is 0.115. The molecule has 0 radical (unpaired) electrons. The molecule has 0 N–H and O–H groups in total. The number of hydrogen-bond acceptors (Lipinski definition) is 5. The predicted molar refractivity (Wildman–Crippen MR) is 180 cm³/mol. The second kappa shape index (κ2) is 17.6. The molecule has 0 aliphatic carbocycles. The Hall–Kier alpha value is -3.84. The molecule has 5 atom stereocenters. The van der Waals surface area contributed by atoms with Crippen LogP contribution < -0.4 is 0 Å². The zero-order chi connectivity index (χ0) is 31.1. The van der Waals surface area contributed by atoms with Gasteiger partial charge in [-0.15, -0.1) is 13.2 Å². The van der Waals surface area contributed by atoms with E-state index in [1.54, 1.807) is 0 Å². The van der Waals surface area contributed by atoms with E-state index in [9.17, 15) is 0 Å². The summed E-state index contributed by atoms with van der Waals surface area (Å²) in [6.07, 6.45) is 3.65. The summed E-state index contributed by atoms with van der Waals surface area (Å²) in [7, 11) is 0. The highest BCUT2D eigenvalue weighted by atomic mass is 16.6. The van der Waals surface area contributed by atoms with Gasteiger partial charge < -0.3 is 18.9 Å².